The molecule has 2 aromatic carbocycles. The maximum atomic E-state index is 13.2. The highest BCUT2D eigenvalue weighted by Crippen LogP contribution is 2.42. The number of carbonyl (C=O) groups is 1. The maximum Gasteiger partial charge on any atom is 0.168 e. The molecule has 1 aliphatic heterocycles. The van der Waals surface area contributed by atoms with Gasteiger partial charge in [0.1, 0.15) is 0 Å². The van der Waals surface area contributed by atoms with Crippen molar-refractivity contribution in [2.24, 2.45) is 11.8 Å². The number of aliphatic hydroxyl groups excluding tert-OH is 1. The molecule has 0 radical (unpaired) electrons. The number of methoxy groups -OCH3 is 2. The Kier molecular flexibility index (Phi) is 7.76. The topological polar surface area (TPSA) is 83.5 Å². The van der Waals surface area contributed by atoms with Gasteiger partial charge in [-0.25, -0.2) is 0 Å². The molecule has 7 nitrogen and oxygen atoms in total. The highest BCUT2D eigenvalue weighted by Gasteiger charge is 2.42. The Labute approximate surface area is 182 Å². The molecule has 2 aromatic rings. The Bertz CT molecular complexity index is 895. The second kappa shape index (κ2) is 10.5. The zero-order valence-electron chi connectivity index (χ0n) is 18.4. The number of ether oxygens (including phenoxy) is 5. The van der Waals surface area contributed by atoms with Crippen molar-refractivity contribution >= 4 is 5.78 Å². The lowest BCUT2D eigenvalue weighted by Gasteiger charge is -2.22. The first-order valence-corrected chi connectivity index (χ1v) is 10.5. The van der Waals surface area contributed by atoms with Gasteiger partial charge in [0.2, 0.25) is 0 Å². The zero-order chi connectivity index (χ0) is 22.4. The molecular weight excluding hydrogens is 400 g/mol. The SMILES string of the molecule is CCOc1ccc([C@H]2OC[C@H](C(=O)c3ccc(OC)c(OC)c3)[C@@H]2CO)cc1OCC. The largest absolute Gasteiger partial charge is 0.493 e. The number of benzene rings is 2. The number of ketones is 1. The lowest BCUT2D eigenvalue weighted by atomic mass is 9.83. The smallest absolute Gasteiger partial charge is 0.168 e. The van der Waals surface area contributed by atoms with Crippen molar-refractivity contribution in [3.63, 3.8) is 0 Å². The van der Waals surface area contributed by atoms with Crippen molar-refractivity contribution in [1.82, 2.24) is 0 Å². The monoisotopic (exact) mass is 430 g/mol. The van der Waals surface area contributed by atoms with Crippen LogP contribution in [-0.2, 0) is 4.74 Å². The van der Waals surface area contributed by atoms with Crippen LogP contribution in [0.3, 0.4) is 0 Å². The minimum Gasteiger partial charge on any atom is -0.493 e. The summed E-state index contributed by atoms with van der Waals surface area (Å²) in [7, 11) is 3.07. The molecule has 0 unspecified atom stereocenters. The summed E-state index contributed by atoms with van der Waals surface area (Å²) in [5.41, 5.74) is 1.33. The van der Waals surface area contributed by atoms with Crippen molar-refractivity contribution in [3.05, 3.63) is 47.5 Å². The summed E-state index contributed by atoms with van der Waals surface area (Å²) in [6.07, 6.45) is -0.422. The van der Waals surface area contributed by atoms with Crippen molar-refractivity contribution < 1.29 is 33.6 Å². The Morgan fingerprint density at radius 1 is 0.968 bits per heavy atom. The zero-order valence-corrected chi connectivity index (χ0v) is 18.4. The van der Waals surface area contributed by atoms with Crippen LogP contribution < -0.4 is 18.9 Å². The van der Waals surface area contributed by atoms with E-state index in [2.05, 4.69) is 0 Å². The predicted molar refractivity (Wildman–Crippen MR) is 115 cm³/mol. The first-order chi connectivity index (χ1) is 15.1. The standard InChI is InChI=1S/C24H30O7/c1-5-29-20-10-8-16(12-22(20)30-6-2)24-17(13-25)18(14-31-24)23(26)15-7-9-19(27-3)21(11-15)28-4/h7-12,17-18,24-25H,5-6,13-14H2,1-4H3/t17-,18-,24+/m0/s1. The molecule has 1 N–H and O–H groups in total. The van der Waals surface area contributed by atoms with Crippen LogP contribution in [0, 0.1) is 11.8 Å². The molecule has 0 spiro atoms. The van der Waals surface area contributed by atoms with Gasteiger partial charge in [-0.05, 0) is 49.7 Å². The molecule has 1 heterocycles. The molecule has 3 rings (SSSR count). The molecule has 3 atom stereocenters. The van der Waals surface area contributed by atoms with Crippen molar-refractivity contribution in [2.45, 2.75) is 20.0 Å². The first kappa shape index (κ1) is 22.9. The van der Waals surface area contributed by atoms with E-state index in [9.17, 15) is 9.90 Å². The van der Waals surface area contributed by atoms with Crippen molar-refractivity contribution in [3.8, 4) is 23.0 Å². The van der Waals surface area contributed by atoms with Crippen LogP contribution in [0.4, 0.5) is 0 Å². The van der Waals surface area contributed by atoms with Gasteiger partial charge in [0.25, 0.3) is 0 Å². The van der Waals surface area contributed by atoms with E-state index in [0.717, 1.165) is 5.56 Å². The third kappa shape index (κ3) is 4.78. The number of aliphatic hydroxyl groups is 1. The molecule has 1 aliphatic rings. The molecular formula is C24H30O7. The summed E-state index contributed by atoms with van der Waals surface area (Å²) < 4.78 is 27.9. The molecule has 1 fully saturated rings. The van der Waals surface area contributed by atoms with Gasteiger partial charge in [-0.15, -0.1) is 0 Å². The average Bonchev–Trinajstić information content (AvgIpc) is 3.23. The Morgan fingerprint density at radius 2 is 1.65 bits per heavy atom. The van der Waals surface area contributed by atoms with Crippen molar-refractivity contribution in [2.75, 3.05) is 40.6 Å². The summed E-state index contributed by atoms with van der Waals surface area (Å²) in [6, 6.07) is 10.7. The third-order valence-corrected chi connectivity index (χ3v) is 5.47. The normalized spacial score (nSPS) is 20.4. The van der Waals surface area contributed by atoms with Gasteiger partial charge in [0.15, 0.2) is 28.8 Å². The van der Waals surface area contributed by atoms with Gasteiger partial charge in [-0.2, -0.15) is 0 Å². The Hall–Kier alpha value is -2.77. The number of rotatable bonds is 10. The number of carbonyl (C=O) groups excluding carboxylic acids is 1. The Balaban J connectivity index is 1.86. The van der Waals surface area contributed by atoms with Crippen LogP contribution in [-0.4, -0.2) is 51.5 Å². The second-order valence-electron chi connectivity index (χ2n) is 7.21. The van der Waals surface area contributed by atoms with Crippen LogP contribution in [0.1, 0.15) is 35.9 Å². The lowest BCUT2D eigenvalue weighted by molar-refractivity contribution is 0.0712. The fraction of sp³-hybridized carbons (Fsp3) is 0.458. The van der Waals surface area contributed by atoms with E-state index in [4.69, 9.17) is 23.7 Å². The molecule has 0 amide bonds. The van der Waals surface area contributed by atoms with E-state index >= 15 is 0 Å². The molecule has 31 heavy (non-hydrogen) atoms. The molecule has 0 bridgehead atoms. The van der Waals surface area contributed by atoms with Crippen LogP contribution in [0.5, 0.6) is 23.0 Å². The van der Waals surface area contributed by atoms with Crippen molar-refractivity contribution in [1.29, 1.82) is 0 Å². The van der Waals surface area contributed by atoms with E-state index < -0.39 is 12.0 Å². The van der Waals surface area contributed by atoms with Gasteiger partial charge in [0, 0.05) is 18.1 Å². The molecule has 1 saturated heterocycles. The third-order valence-electron chi connectivity index (χ3n) is 5.47. The van der Waals surface area contributed by atoms with Gasteiger partial charge in [-0.1, -0.05) is 6.07 Å². The summed E-state index contributed by atoms with van der Waals surface area (Å²) in [5, 5.41) is 10.1. The number of Topliss-reactive ketones (excluding diaryl/α,β-unsaturated/α-hetero) is 1. The molecule has 7 heteroatoms. The molecule has 0 aromatic heterocycles. The van der Waals surface area contributed by atoms with Crippen LogP contribution in [0.2, 0.25) is 0 Å². The summed E-state index contributed by atoms with van der Waals surface area (Å²) in [4.78, 5) is 13.2. The van der Waals surface area contributed by atoms with Gasteiger partial charge in [-0.3, -0.25) is 4.79 Å². The highest BCUT2D eigenvalue weighted by molar-refractivity contribution is 5.99. The highest BCUT2D eigenvalue weighted by atomic mass is 16.5. The van der Waals surface area contributed by atoms with E-state index in [1.54, 1.807) is 25.3 Å². The van der Waals surface area contributed by atoms with Gasteiger partial charge < -0.3 is 28.8 Å². The minimum absolute atomic E-state index is 0.0986. The summed E-state index contributed by atoms with van der Waals surface area (Å²) in [6.45, 7) is 4.89. The summed E-state index contributed by atoms with van der Waals surface area (Å²) in [5.74, 6) is 1.36. The molecule has 0 aliphatic carbocycles. The molecule has 168 valence electrons. The quantitative estimate of drug-likeness (QED) is 0.576. The average molecular weight is 430 g/mol. The van der Waals surface area contributed by atoms with Gasteiger partial charge >= 0.3 is 0 Å². The predicted octanol–water partition coefficient (Wildman–Crippen LogP) is 3.68. The summed E-state index contributed by atoms with van der Waals surface area (Å²) >= 11 is 0. The van der Waals surface area contributed by atoms with Crippen LogP contribution in [0.15, 0.2) is 36.4 Å². The fourth-order valence-corrected chi connectivity index (χ4v) is 3.95. The second-order valence-corrected chi connectivity index (χ2v) is 7.21. The van der Waals surface area contributed by atoms with E-state index in [-0.39, 0.29) is 24.9 Å². The van der Waals surface area contributed by atoms with Gasteiger partial charge in [0.05, 0.1) is 46.1 Å². The Morgan fingerprint density at radius 3 is 2.29 bits per heavy atom. The number of hydrogen-bond donors (Lipinski definition) is 1. The number of hydrogen-bond acceptors (Lipinski definition) is 7. The maximum absolute atomic E-state index is 13.2. The molecule has 0 saturated carbocycles. The van der Waals surface area contributed by atoms with E-state index in [1.165, 1.54) is 7.11 Å². The van der Waals surface area contributed by atoms with Crippen LogP contribution >= 0.6 is 0 Å². The van der Waals surface area contributed by atoms with E-state index in [0.29, 0.717) is 41.8 Å². The lowest BCUT2D eigenvalue weighted by Crippen LogP contribution is -2.26. The van der Waals surface area contributed by atoms with Crippen LogP contribution in [0.25, 0.3) is 0 Å². The first-order valence-electron chi connectivity index (χ1n) is 10.5. The minimum atomic E-state index is -0.477. The van der Waals surface area contributed by atoms with E-state index in [1.807, 2.05) is 32.0 Å². The fourth-order valence-electron chi connectivity index (χ4n) is 3.95.